The van der Waals surface area contributed by atoms with Gasteiger partial charge in [0.2, 0.25) is 13.3 Å². The SMILES string of the molecule is CCOP(C)(=O)C(Cc1nc(CCCCCCCCC(F)(F)F)no1)C(=O)OC(C)(C)C. The first-order valence-corrected chi connectivity index (χ1v) is 13.2. The molecule has 1 rings (SSSR count). The van der Waals surface area contributed by atoms with Crippen molar-refractivity contribution < 1.29 is 36.3 Å². The number of aromatic nitrogens is 2. The third kappa shape index (κ3) is 12.0. The molecule has 1 aromatic heterocycles. The highest BCUT2D eigenvalue weighted by atomic mass is 31.2. The highest BCUT2D eigenvalue weighted by Crippen LogP contribution is 2.50. The third-order valence-electron chi connectivity index (χ3n) is 4.62. The zero-order valence-electron chi connectivity index (χ0n) is 19.7. The zero-order valence-corrected chi connectivity index (χ0v) is 20.6. The minimum absolute atomic E-state index is 0.0467. The Kier molecular flexibility index (Phi) is 11.4. The summed E-state index contributed by atoms with van der Waals surface area (Å²) in [4.78, 5) is 16.9. The van der Waals surface area contributed by atoms with Crippen LogP contribution < -0.4 is 0 Å². The van der Waals surface area contributed by atoms with Crippen LogP contribution in [0.25, 0.3) is 0 Å². The second-order valence-electron chi connectivity index (χ2n) is 8.92. The summed E-state index contributed by atoms with van der Waals surface area (Å²) in [6.07, 6.45) is -0.333. The molecule has 2 unspecified atom stereocenters. The van der Waals surface area contributed by atoms with Crippen molar-refractivity contribution in [3.8, 4) is 0 Å². The Hall–Kier alpha value is -1.41. The number of hydrogen-bond acceptors (Lipinski definition) is 7. The Labute approximate surface area is 188 Å². The Morgan fingerprint density at radius 1 is 1.09 bits per heavy atom. The van der Waals surface area contributed by atoms with Crippen LogP contribution >= 0.6 is 7.37 Å². The smallest absolute Gasteiger partial charge is 0.389 e. The number of unbranched alkanes of at least 4 members (excludes halogenated alkanes) is 5. The Bertz CT molecular complexity index is 747. The van der Waals surface area contributed by atoms with Gasteiger partial charge in [0, 0.05) is 25.9 Å². The second kappa shape index (κ2) is 12.7. The number of nitrogens with zero attached hydrogens (tertiary/aromatic N) is 2. The van der Waals surface area contributed by atoms with Crippen LogP contribution in [0.3, 0.4) is 0 Å². The first-order chi connectivity index (χ1) is 14.7. The lowest BCUT2D eigenvalue weighted by Gasteiger charge is -2.26. The molecule has 0 bridgehead atoms. The van der Waals surface area contributed by atoms with Crippen LogP contribution in [-0.4, -0.2) is 46.8 Å². The molecule has 0 amide bonds. The largest absolute Gasteiger partial charge is 0.459 e. The maximum absolute atomic E-state index is 13.0. The van der Waals surface area contributed by atoms with E-state index in [0.29, 0.717) is 18.7 Å². The van der Waals surface area contributed by atoms with Gasteiger partial charge in [-0.05, 0) is 40.5 Å². The lowest BCUT2D eigenvalue weighted by Crippen LogP contribution is -2.33. The summed E-state index contributed by atoms with van der Waals surface area (Å²) < 4.78 is 65.3. The minimum atomic E-state index is -4.08. The summed E-state index contributed by atoms with van der Waals surface area (Å²) in [6, 6.07) is 0. The van der Waals surface area contributed by atoms with Crippen molar-refractivity contribution >= 4 is 13.3 Å². The van der Waals surface area contributed by atoms with Gasteiger partial charge in [-0.1, -0.05) is 30.8 Å². The number of halogens is 3. The normalized spacial score (nSPS) is 15.4. The first kappa shape index (κ1) is 28.6. The molecule has 0 radical (unpaired) electrons. The maximum Gasteiger partial charge on any atom is 0.389 e. The predicted octanol–water partition coefficient (Wildman–Crippen LogP) is 6.10. The van der Waals surface area contributed by atoms with Crippen molar-refractivity contribution in [2.24, 2.45) is 0 Å². The summed E-state index contributed by atoms with van der Waals surface area (Å²) in [6.45, 7) is 8.47. The number of rotatable bonds is 14. The van der Waals surface area contributed by atoms with E-state index in [0.717, 1.165) is 25.7 Å². The summed E-state index contributed by atoms with van der Waals surface area (Å²) in [7, 11) is -3.32. The van der Waals surface area contributed by atoms with Crippen LogP contribution in [0.4, 0.5) is 13.2 Å². The van der Waals surface area contributed by atoms with Crippen LogP contribution in [0.5, 0.6) is 0 Å². The van der Waals surface area contributed by atoms with E-state index in [1.807, 2.05) is 0 Å². The molecular formula is C21H36F3N2O5P. The number of carbonyl (C=O) groups is 1. The number of esters is 1. The van der Waals surface area contributed by atoms with Crippen LogP contribution in [0, 0.1) is 0 Å². The van der Waals surface area contributed by atoms with Gasteiger partial charge in [0.15, 0.2) is 5.82 Å². The van der Waals surface area contributed by atoms with Crippen LogP contribution in [-0.2, 0) is 31.5 Å². The van der Waals surface area contributed by atoms with Crippen molar-refractivity contribution in [3.63, 3.8) is 0 Å². The fraction of sp³-hybridized carbons (Fsp3) is 0.857. The number of ether oxygens (including phenoxy) is 1. The molecule has 0 spiro atoms. The molecule has 1 aromatic rings. The molecule has 7 nitrogen and oxygen atoms in total. The lowest BCUT2D eigenvalue weighted by molar-refractivity contribution is -0.154. The van der Waals surface area contributed by atoms with Gasteiger partial charge in [0.25, 0.3) is 0 Å². The van der Waals surface area contributed by atoms with E-state index in [1.165, 1.54) is 6.66 Å². The molecule has 11 heteroatoms. The average Bonchev–Trinajstić information content (AvgIpc) is 3.07. The van der Waals surface area contributed by atoms with Gasteiger partial charge in [-0.3, -0.25) is 9.36 Å². The van der Waals surface area contributed by atoms with Gasteiger partial charge in [-0.2, -0.15) is 18.2 Å². The molecule has 0 aromatic carbocycles. The number of hydrogen-bond donors (Lipinski definition) is 0. The Morgan fingerprint density at radius 3 is 2.25 bits per heavy atom. The molecule has 0 aliphatic heterocycles. The van der Waals surface area contributed by atoms with Crippen molar-refractivity contribution in [3.05, 3.63) is 11.7 Å². The Balaban J connectivity index is 2.53. The van der Waals surface area contributed by atoms with Crippen LogP contribution in [0.1, 0.15) is 84.4 Å². The van der Waals surface area contributed by atoms with E-state index in [9.17, 15) is 22.5 Å². The topological polar surface area (TPSA) is 91.5 Å². The van der Waals surface area contributed by atoms with E-state index in [2.05, 4.69) is 10.1 Å². The minimum Gasteiger partial charge on any atom is -0.459 e. The molecule has 0 fully saturated rings. The molecule has 0 saturated carbocycles. The van der Waals surface area contributed by atoms with Gasteiger partial charge >= 0.3 is 12.1 Å². The maximum atomic E-state index is 13.0. The van der Waals surface area contributed by atoms with Gasteiger partial charge < -0.3 is 13.8 Å². The van der Waals surface area contributed by atoms with Crippen molar-refractivity contribution in [2.75, 3.05) is 13.3 Å². The van der Waals surface area contributed by atoms with Gasteiger partial charge in [-0.25, -0.2) is 0 Å². The molecule has 2 atom stereocenters. The molecule has 1 heterocycles. The quantitative estimate of drug-likeness (QED) is 0.179. The molecule has 0 aliphatic carbocycles. The highest BCUT2D eigenvalue weighted by molar-refractivity contribution is 7.60. The molecule has 186 valence electrons. The van der Waals surface area contributed by atoms with Gasteiger partial charge in [0.05, 0.1) is 6.61 Å². The summed E-state index contributed by atoms with van der Waals surface area (Å²) in [5.74, 6) is 0.0224. The monoisotopic (exact) mass is 484 g/mol. The van der Waals surface area contributed by atoms with Crippen molar-refractivity contribution in [1.29, 1.82) is 0 Å². The molecule has 32 heavy (non-hydrogen) atoms. The third-order valence-corrected chi connectivity index (χ3v) is 6.92. The van der Waals surface area contributed by atoms with Gasteiger partial charge in [0.1, 0.15) is 11.3 Å². The van der Waals surface area contributed by atoms with Crippen LogP contribution in [0.15, 0.2) is 4.52 Å². The molecule has 0 saturated heterocycles. The van der Waals surface area contributed by atoms with Crippen LogP contribution in [0.2, 0.25) is 0 Å². The Morgan fingerprint density at radius 2 is 1.69 bits per heavy atom. The van der Waals surface area contributed by atoms with E-state index in [-0.39, 0.29) is 25.3 Å². The van der Waals surface area contributed by atoms with E-state index < -0.39 is 37.2 Å². The van der Waals surface area contributed by atoms with E-state index >= 15 is 0 Å². The molecular weight excluding hydrogens is 448 g/mol. The average molecular weight is 484 g/mol. The highest BCUT2D eigenvalue weighted by Gasteiger charge is 2.40. The van der Waals surface area contributed by atoms with E-state index in [1.54, 1.807) is 27.7 Å². The number of carbonyl (C=O) groups excluding carboxylic acids is 1. The standard InChI is InChI=1S/C21H36F3N2O5P/c1-6-29-32(5,28)16(19(27)30-20(2,3)4)15-18-25-17(26-31-18)13-11-9-7-8-10-12-14-21(22,23)24/h16H,6-15H2,1-5H3. The molecule has 0 N–H and O–H groups in total. The lowest BCUT2D eigenvalue weighted by atomic mass is 10.1. The summed E-state index contributed by atoms with van der Waals surface area (Å²) >= 11 is 0. The van der Waals surface area contributed by atoms with E-state index in [4.69, 9.17) is 13.8 Å². The number of alkyl halides is 3. The second-order valence-corrected chi connectivity index (χ2v) is 11.6. The zero-order chi connectivity index (χ0) is 24.4. The predicted molar refractivity (Wildman–Crippen MR) is 115 cm³/mol. The van der Waals surface area contributed by atoms with Gasteiger partial charge in [-0.15, -0.1) is 0 Å². The van der Waals surface area contributed by atoms with Crippen molar-refractivity contribution in [1.82, 2.24) is 10.1 Å². The first-order valence-electron chi connectivity index (χ1n) is 11.1. The fourth-order valence-electron chi connectivity index (χ4n) is 3.11. The summed E-state index contributed by atoms with van der Waals surface area (Å²) in [5, 5.41) is 3.91. The molecule has 0 aliphatic rings. The fourth-order valence-corrected chi connectivity index (χ4v) is 4.73. The number of aryl methyl sites for hydroxylation is 1. The summed E-state index contributed by atoms with van der Waals surface area (Å²) in [5.41, 5.74) is -1.79. The van der Waals surface area contributed by atoms with Crippen molar-refractivity contribution in [2.45, 2.75) is 103 Å².